The number of hydrogen-bond donors (Lipinski definition) is 1. The van der Waals surface area contributed by atoms with Crippen LogP contribution in [-0.2, 0) is 0 Å². The van der Waals surface area contributed by atoms with Gasteiger partial charge >= 0.3 is 0 Å². The highest BCUT2D eigenvalue weighted by Crippen LogP contribution is 2.19. The largest absolute Gasteiger partial charge is 0.494 e. The summed E-state index contributed by atoms with van der Waals surface area (Å²) in [5.41, 5.74) is 0.249. The molecule has 5 heteroatoms. The number of amides is 1. The highest BCUT2D eigenvalue weighted by atomic mass is 79.9. The van der Waals surface area contributed by atoms with E-state index in [1.54, 1.807) is 6.07 Å². The molecule has 18 heavy (non-hydrogen) atoms. The zero-order valence-electron chi connectivity index (χ0n) is 10.7. The van der Waals surface area contributed by atoms with Crippen LogP contribution in [0.3, 0.4) is 0 Å². The fraction of sp³-hybridized carbons (Fsp3) is 0.462. The summed E-state index contributed by atoms with van der Waals surface area (Å²) in [6.45, 7) is 4.57. The van der Waals surface area contributed by atoms with Gasteiger partial charge in [0.15, 0.2) is 11.6 Å². The van der Waals surface area contributed by atoms with Crippen molar-refractivity contribution < 1.29 is 13.9 Å². The Morgan fingerprint density at radius 2 is 2.17 bits per heavy atom. The average Bonchev–Trinajstić information content (AvgIpc) is 2.36. The van der Waals surface area contributed by atoms with E-state index in [1.807, 2.05) is 13.8 Å². The first-order chi connectivity index (χ1) is 8.39. The maximum atomic E-state index is 13.4. The second-order valence-corrected chi connectivity index (χ2v) is 5.39. The molecule has 1 amide bonds. The lowest BCUT2D eigenvalue weighted by atomic mass is 9.97. The molecule has 0 unspecified atom stereocenters. The van der Waals surface area contributed by atoms with Crippen LogP contribution in [-0.4, -0.2) is 24.9 Å². The molecule has 0 saturated heterocycles. The number of benzene rings is 1. The van der Waals surface area contributed by atoms with Crippen molar-refractivity contribution in [3.63, 3.8) is 0 Å². The van der Waals surface area contributed by atoms with E-state index >= 15 is 0 Å². The van der Waals surface area contributed by atoms with Gasteiger partial charge in [0.2, 0.25) is 0 Å². The Kier molecular flexibility index (Phi) is 5.14. The molecule has 0 bridgehead atoms. The van der Waals surface area contributed by atoms with Crippen molar-refractivity contribution in [3.05, 3.63) is 29.6 Å². The number of ether oxygens (including phenoxy) is 1. The molecule has 0 fully saturated rings. The maximum Gasteiger partial charge on any atom is 0.251 e. The van der Waals surface area contributed by atoms with Gasteiger partial charge in [-0.1, -0.05) is 29.8 Å². The van der Waals surface area contributed by atoms with Crippen LogP contribution in [0, 0.1) is 11.2 Å². The molecule has 0 aliphatic heterocycles. The van der Waals surface area contributed by atoms with E-state index < -0.39 is 5.82 Å². The van der Waals surface area contributed by atoms with Crippen LogP contribution in [0.1, 0.15) is 24.2 Å². The molecule has 0 heterocycles. The van der Waals surface area contributed by atoms with Crippen LogP contribution in [0.5, 0.6) is 5.75 Å². The number of rotatable bonds is 5. The SMILES string of the molecule is COc1ccc(C(=O)NCC(C)(C)CBr)cc1F. The molecular formula is C13H17BrFNO2. The first kappa shape index (κ1) is 15.0. The van der Waals surface area contributed by atoms with Crippen molar-refractivity contribution >= 4 is 21.8 Å². The number of nitrogens with one attached hydrogen (secondary N) is 1. The first-order valence-electron chi connectivity index (χ1n) is 5.57. The third kappa shape index (κ3) is 3.98. The summed E-state index contributed by atoms with van der Waals surface area (Å²) in [7, 11) is 1.39. The Morgan fingerprint density at radius 1 is 1.50 bits per heavy atom. The van der Waals surface area contributed by atoms with Gasteiger partial charge in [-0.15, -0.1) is 0 Å². The Labute approximate surface area is 115 Å². The summed E-state index contributed by atoms with van der Waals surface area (Å²) in [5, 5.41) is 3.55. The van der Waals surface area contributed by atoms with Crippen molar-refractivity contribution in [1.82, 2.24) is 5.32 Å². The zero-order chi connectivity index (χ0) is 13.8. The van der Waals surface area contributed by atoms with Gasteiger partial charge in [-0.05, 0) is 23.6 Å². The van der Waals surface area contributed by atoms with Gasteiger partial charge in [-0.25, -0.2) is 4.39 Å². The lowest BCUT2D eigenvalue weighted by molar-refractivity contribution is 0.0939. The van der Waals surface area contributed by atoms with Crippen LogP contribution in [0.2, 0.25) is 0 Å². The predicted molar refractivity (Wildman–Crippen MR) is 72.9 cm³/mol. The Balaban J connectivity index is 2.71. The lowest BCUT2D eigenvalue weighted by Gasteiger charge is -2.21. The summed E-state index contributed by atoms with van der Waals surface area (Å²) < 4.78 is 18.2. The van der Waals surface area contributed by atoms with Gasteiger partial charge in [0.1, 0.15) is 0 Å². The molecule has 3 nitrogen and oxygen atoms in total. The second kappa shape index (κ2) is 6.18. The van der Waals surface area contributed by atoms with Crippen LogP contribution >= 0.6 is 15.9 Å². The van der Waals surface area contributed by atoms with Crippen molar-refractivity contribution in [2.75, 3.05) is 19.0 Å². The van der Waals surface area contributed by atoms with Gasteiger partial charge in [0.25, 0.3) is 5.91 Å². The molecular weight excluding hydrogens is 301 g/mol. The summed E-state index contributed by atoms with van der Waals surface area (Å²) in [5.74, 6) is -0.692. The summed E-state index contributed by atoms with van der Waals surface area (Å²) >= 11 is 3.38. The number of alkyl halides is 1. The van der Waals surface area contributed by atoms with Gasteiger partial charge in [-0.2, -0.15) is 0 Å². The van der Waals surface area contributed by atoms with E-state index in [-0.39, 0.29) is 17.1 Å². The fourth-order valence-electron chi connectivity index (χ4n) is 1.28. The molecule has 0 radical (unpaired) electrons. The summed E-state index contributed by atoms with van der Waals surface area (Å²) in [6.07, 6.45) is 0. The van der Waals surface area contributed by atoms with Crippen LogP contribution in [0.25, 0.3) is 0 Å². The van der Waals surface area contributed by atoms with Gasteiger partial charge in [0.05, 0.1) is 7.11 Å². The standard InChI is InChI=1S/C13H17BrFNO2/c1-13(2,7-14)8-16-12(17)9-4-5-11(18-3)10(15)6-9/h4-6H,7-8H2,1-3H3,(H,16,17). The number of halogens is 2. The fourth-order valence-corrected chi connectivity index (χ4v) is 1.47. The molecule has 1 aromatic carbocycles. The number of carbonyl (C=O) groups is 1. The molecule has 0 aliphatic carbocycles. The van der Waals surface area contributed by atoms with Crippen LogP contribution < -0.4 is 10.1 Å². The number of carbonyl (C=O) groups excluding carboxylic acids is 1. The second-order valence-electron chi connectivity index (χ2n) is 4.83. The van der Waals surface area contributed by atoms with Crippen molar-refractivity contribution in [1.29, 1.82) is 0 Å². The molecule has 1 rings (SSSR count). The smallest absolute Gasteiger partial charge is 0.251 e. The third-order valence-corrected chi connectivity index (χ3v) is 4.02. The minimum Gasteiger partial charge on any atom is -0.494 e. The third-order valence-electron chi connectivity index (χ3n) is 2.50. The van der Waals surface area contributed by atoms with E-state index in [0.29, 0.717) is 12.1 Å². The van der Waals surface area contributed by atoms with E-state index in [4.69, 9.17) is 4.74 Å². The number of hydrogen-bond acceptors (Lipinski definition) is 2. The summed E-state index contributed by atoms with van der Waals surface area (Å²) in [6, 6.07) is 4.16. The molecule has 1 aromatic rings. The Bertz CT molecular complexity index is 435. The minimum absolute atomic E-state index is 0.0410. The average molecular weight is 318 g/mol. The van der Waals surface area contributed by atoms with Crippen molar-refractivity contribution in [2.45, 2.75) is 13.8 Å². The molecule has 100 valence electrons. The zero-order valence-corrected chi connectivity index (χ0v) is 12.3. The van der Waals surface area contributed by atoms with Crippen LogP contribution in [0.15, 0.2) is 18.2 Å². The predicted octanol–water partition coefficient (Wildman–Crippen LogP) is 2.99. The van der Waals surface area contributed by atoms with Crippen LogP contribution in [0.4, 0.5) is 4.39 Å². The van der Waals surface area contributed by atoms with E-state index in [9.17, 15) is 9.18 Å². The maximum absolute atomic E-state index is 13.4. The van der Waals surface area contributed by atoms with Crippen molar-refractivity contribution in [2.24, 2.45) is 5.41 Å². The minimum atomic E-state index is -0.537. The highest BCUT2D eigenvalue weighted by Gasteiger charge is 2.18. The molecule has 0 spiro atoms. The molecule has 0 atom stereocenters. The monoisotopic (exact) mass is 317 g/mol. The van der Waals surface area contributed by atoms with Gasteiger partial charge in [0, 0.05) is 17.4 Å². The quantitative estimate of drug-likeness (QED) is 0.848. The molecule has 0 aromatic heterocycles. The van der Waals surface area contributed by atoms with Crippen molar-refractivity contribution in [3.8, 4) is 5.75 Å². The Hall–Kier alpha value is -1.10. The Morgan fingerprint density at radius 3 is 2.67 bits per heavy atom. The molecule has 0 aliphatic rings. The normalized spacial score (nSPS) is 11.2. The topological polar surface area (TPSA) is 38.3 Å². The lowest BCUT2D eigenvalue weighted by Crippen LogP contribution is -2.34. The first-order valence-corrected chi connectivity index (χ1v) is 6.69. The highest BCUT2D eigenvalue weighted by molar-refractivity contribution is 9.09. The van der Waals surface area contributed by atoms with Gasteiger partial charge < -0.3 is 10.1 Å². The van der Waals surface area contributed by atoms with Gasteiger partial charge in [-0.3, -0.25) is 4.79 Å². The summed E-state index contributed by atoms with van der Waals surface area (Å²) in [4.78, 5) is 11.8. The van der Waals surface area contributed by atoms with E-state index in [1.165, 1.54) is 19.2 Å². The number of methoxy groups -OCH3 is 1. The van der Waals surface area contributed by atoms with E-state index in [2.05, 4.69) is 21.2 Å². The van der Waals surface area contributed by atoms with E-state index in [0.717, 1.165) is 5.33 Å². The molecule has 1 N–H and O–H groups in total. The molecule has 0 saturated carbocycles.